The minimum atomic E-state index is -0.251. The highest BCUT2D eigenvalue weighted by atomic mass is 16.5. The lowest BCUT2D eigenvalue weighted by molar-refractivity contribution is 0.0944. The van der Waals surface area contributed by atoms with Gasteiger partial charge in [-0.3, -0.25) is 4.79 Å². The van der Waals surface area contributed by atoms with E-state index in [1.54, 1.807) is 24.5 Å². The van der Waals surface area contributed by atoms with E-state index >= 15 is 0 Å². The second kappa shape index (κ2) is 6.68. The molecule has 6 heteroatoms. The number of nitrogens with zero attached hydrogens (tertiary/aromatic N) is 2. The van der Waals surface area contributed by atoms with Crippen molar-refractivity contribution >= 4 is 16.8 Å². The van der Waals surface area contributed by atoms with Gasteiger partial charge in [0.15, 0.2) is 11.5 Å². The number of aryl methyl sites for hydroxylation is 1. The fraction of sp³-hybridized carbons (Fsp3) is 0.158. The zero-order valence-corrected chi connectivity index (χ0v) is 13.5. The molecule has 4 rings (SSSR count). The van der Waals surface area contributed by atoms with Crippen LogP contribution in [0.3, 0.4) is 0 Å². The van der Waals surface area contributed by atoms with Gasteiger partial charge in [0.05, 0.1) is 6.26 Å². The molecule has 25 heavy (non-hydrogen) atoms. The Morgan fingerprint density at radius 2 is 2.04 bits per heavy atom. The molecule has 0 aliphatic rings. The Hall–Kier alpha value is -3.28. The van der Waals surface area contributed by atoms with Gasteiger partial charge in [-0.15, -0.1) is 0 Å². The fourth-order valence-electron chi connectivity index (χ4n) is 2.79. The SMILES string of the molecule is O=C(NCCCn1ccc2ccccc21)c1cc(-c2ccco2)on1. The van der Waals surface area contributed by atoms with Crippen LogP contribution in [-0.2, 0) is 6.54 Å². The average Bonchev–Trinajstić information content (AvgIpc) is 3.38. The molecule has 1 N–H and O–H groups in total. The quantitative estimate of drug-likeness (QED) is 0.545. The molecule has 0 spiro atoms. The van der Waals surface area contributed by atoms with Crippen molar-refractivity contribution in [3.05, 3.63) is 66.7 Å². The number of furan rings is 1. The summed E-state index contributed by atoms with van der Waals surface area (Å²) in [5, 5.41) is 7.87. The maximum atomic E-state index is 12.1. The monoisotopic (exact) mass is 335 g/mol. The molecule has 0 atom stereocenters. The van der Waals surface area contributed by atoms with Gasteiger partial charge < -0.3 is 18.8 Å². The van der Waals surface area contributed by atoms with Crippen molar-refractivity contribution in [3.63, 3.8) is 0 Å². The number of nitrogens with one attached hydrogen (secondary N) is 1. The van der Waals surface area contributed by atoms with Gasteiger partial charge in [-0.05, 0) is 36.1 Å². The Morgan fingerprint density at radius 1 is 1.12 bits per heavy atom. The lowest BCUT2D eigenvalue weighted by Crippen LogP contribution is -2.25. The van der Waals surface area contributed by atoms with Gasteiger partial charge in [-0.1, -0.05) is 23.4 Å². The van der Waals surface area contributed by atoms with Crippen molar-refractivity contribution in [1.29, 1.82) is 0 Å². The fourth-order valence-corrected chi connectivity index (χ4v) is 2.79. The summed E-state index contributed by atoms with van der Waals surface area (Å²) in [6.07, 6.45) is 4.44. The van der Waals surface area contributed by atoms with Crippen molar-refractivity contribution in [3.8, 4) is 11.5 Å². The van der Waals surface area contributed by atoms with Crippen LogP contribution in [-0.4, -0.2) is 22.2 Å². The lowest BCUT2D eigenvalue weighted by Gasteiger charge is -2.06. The van der Waals surface area contributed by atoms with E-state index in [0.29, 0.717) is 18.1 Å². The summed E-state index contributed by atoms with van der Waals surface area (Å²) in [4.78, 5) is 12.1. The van der Waals surface area contributed by atoms with Gasteiger partial charge in [0.2, 0.25) is 5.76 Å². The number of para-hydroxylation sites is 1. The number of carbonyl (C=O) groups excluding carboxylic acids is 1. The summed E-state index contributed by atoms with van der Waals surface area (Å²) in [5.41, 5.74) is 1.45. The third-order valence-electron chi connectivity index (χ3n) is 4.05. The van der Waals surface area contributed by atoms with Crippen molar-refractivity contribution in [2.75, 3.05) is 6.54 Å². The molecule has 0 aliphatic heterocycles. The molecule has 0 aliphatic carbocycles. The number of amides is 1. The molecule has 1 aromatic carbocycles. The first-order chi connectivity index (χ1) is 12.3. The highest BCUT2D eigenvalue weighted by Gasteiger charge is 2.14. The van der Waals surface area contributed by atoms with E-state index in [4.69, 9.17) is 8.94 Å². The summed E-state index contributed by atoms with van der Waals surface area (Å²) in [7, 11) is 0. The van der Waals surface area contributed by atoms with Crippen LogP contribution in [0.25, 0.3) is 22.4 Å². The molecular weight excluding hydrogens is 318 g/mol. The van der Waals surface area contributed by atoms with Crippen LogP contribution >= 0.6 is 0 Å². The van der Waals surface area contributed by atoms with Gasteiger partial charge in [-0.25, -0.2) is 0 Å². The van der Waals surface area contributed by atoms with E-state index in [1.165, 1.54) is 10.9 Å². The van der Waals surface area contributed by atoms with Gasteiger partial charge in [0, 0.05) is 30.9 Å². The van der Waals surface area contributed by atoms with Crippen LogP contribution in [0.1, 0.15) is 16.9 Å². The van der Waals surface area contributed by atoms with E-state index in [1.807, 2.05) is 12.1 Å². The molecule has 0 saturated heterocycles. The first-order valence-corrected chi connectivity index (χ1v) is 8.14. The summed E-state index contributed by atoms with van der Waals surface area (Å²) < 4.78 is 12.5. The van der Waals surface area contributed by atoms with Gasteiger partial charge in [-0.2, -0.15) is 0 Å². The highest BCUT2D eigenvalue weighted by Crippen LogP contribution is 2.20. The molecule has 1 amide bonds. The maximum absolute atomic E-state index is 12.1. The van der Waals surface area contributed by atoms with E-state index in [0.717, 1.165) is 13.0 Å². The third kappa shape index (κ3) is 3.19. The number of benzene rings is 1. The zero-order chi connectivity index (χ0) is 17.1. The Kier molecular flexibility index (Phi) is 4.08. The Labute approximate surface area is 144 Å². The normalized spacial score (nSPS) is 11.0. The molecule has 4 aromatic rings. The molecule has 0 unspecified atom stereocenters. The van der Waals surface area contributed by atoms with Gasteiger partial charge >= 0.3 is 0 Å². The predicted molar refractivity (Wildman–Crippen MR) is 93.1 cm³/mol. The van der Waals surface area contributed by atoms with Crippen LogP contribution < -0.4 is 5.32 Å². The average molecular weight is 335 g/mol. The minimum absolute atomic E-state index is 0.248. The van der Waals surface area contributed by atoms with E-state index in [2.05, 4.69) is 39.4 Å². The third-order valence-corrected chi connectivity index (χ3v) is 4.05. The molecular formula is C19H17N3O3. The number of fused-ring (bicyclic) bond motifs is 1. The summed E-state index contributed by atoms with van der Waals surface area (Å²) >= 11 is 0. The van der Waals surface area contributed by atoms with Crippen molar-refractivity contribution < 1.29 is 13.7 Å². The maximum Gasteiger partial charge on any atom is 0.273 e. The number of aromatic nitrogens is 2. The van der Waals surface area contributed by atoms with E-state index in [-0.39, 0.29) is 11.6 Å². The predicted octanol–water partition coefficient (Wildman–Crippen LogP) is 3.71. The molecule has 3 heterocycles. The van der Waals surface area contributed by atoms with Crippen LogP contribution in [0.4, 0.5) is 0 Å². The van der Waals surface area contributed by atoms with Crippen molar-refractivity contribution in [1.82, 2.24) is 15.0 Å². The number of carbonyl (C=O) groups is 1. The summed E-state index contributed by atoms with van der Waals surface area (Å²) in [5.74, 6) is 0.735. The molecule has 126 valence electrons. The van der Waals surface area contributed by atoms with E-state index < -0.39 is 0 Å². The van der Waals surface area contributed by atoms with E-state index in [9.17, 15) is 4.79 Å². The molecule has 6 nitrogen and oxygen atoms in total. The molecule has 0 bridgehead atoms. The lowest BCUT2D eigenvalue weighted by atomic mass is 10.2. The summed E-state index contributed by atoms with van der Waals surface area (Å²) in [6, 6.07) is 15.4. The zero-order valence-electron chi connectivity index (χ0n) is 13.5. The van der Waals surface area contributed by atoms with Crippen LogP contribution in [0.5, 0.6) is 0 Å². The number of rotatable bonds is 6. The highest BCUT2D eigenvalue weighted by molar-refractivity contribution is 5.92. The standard InChI is InChI=1S/C19H17N3O3/c23-19(15-13-18(25-21-15)17-7-3-12-24-17)20-9-4-10-22-11-8-14-5-1-2-6-16(14)22/h1-3,5-8,11-13H,4,9-10H2,(H,20,23). The summed E-state index contributed by atoms with van der Waals surface area (Å²) in [6.45, 7) is 1.40. The number of hydrogen-bond acceptors (Lipinski definition) is 4. The number of hydrogen-bond donors (Lipinski definition) is 1. The minimum Gasteiger partial charge on any atom is -0.461 e. The second-order valence-electron chi connectivity index (χ2n) is 5.73. The smallest absolute Gasteiger partial charge is 0.273 e. The molecule has 0 saturated carbocycles. The first-order valence-electron chi connectivity index (χ1n) is 8.14. The van der Waals surface area contributed by atoms with Crippen LogP contribution in [0.2, 0.25) is 0 Å². The van der Waals surface area contributed by atoms with Crippen molar-refractivity contribution in [2.24, 2.45) is 0 Å². The van der Waals surface area contributed by atoms with Crippen LogP contribution in [0.15, 0.2) is 69.9 Å². The molecule has 0 fully saturated rings. The largest absolute Gasteiger partial charge is 0.461 e. The van der Waals surface area contributed by atoms with Gasteiger partial charge in [0.1, 0.15) is 0 Å². The van der Waals surface area contributed by atoms with Crippen LogP contribution in [0, 0.1) is 0 Å². The Bertz CT molecular complexity index is 982. The Balaban J connectivity index is 1.30. The Morgan fingerprint density at radius 3 is 2.92 bits per heavy atom. The van der Waals surface area contributed by atoms with Gasteiger partial charge in [0.25, 0.3) is 5.91 Å². The topological polar surface area (TPSA) is 73.2 Å². The first kappa shape index (κ1) is 15.3. The molecule has 0 radical (unpaired) electrons. The second-order valence-corrected chi connectivity index (χ2v) is 5.73. The molecule has 3 aromatic heterocycles. The van der Waals surface area contributed by atoms with Crippen molar-refractivity contribution in [2.45, 2.75) is 13.0 Å².